The molecule has 1 aliphatic heterocycles. The first-order chi connectivity index (χ1) is 9.49. The number of carbonyl (C=O) groups is 2. The molecule has 0 saturated carbocycles. The number of likely N-dealkylation sites (tertiary alicyclic amines) is 1. The van der Waals surface area contributed by atoms with Crippen molar-refractivity contribution < 1.29 is 19.8 Å². The lowest BCUT2D eigenvalue weighted by molar-refractivity contribution is -0.118. The monoisotopic (exact) mass is 277 g/mol. The second-order valence-corrected chi connectivity index (χ2v) is 5.26. The van der Waals surface area contributed by atoms with Crippen molar-refractivity contribution in [3.8, 4) is 11.5 Å². The van der Waals surface area contributed by atoms with Crippen LogP contribution in [0.15, 0.2) is 18.2 Å². The van der Waals surface area contributed by atoms with Gasteiger partial charge in [-0.1, -0.05) is 0 Å². The predicted octanol–water partition coefficient (Wildman–Crippen LogP) is 2.07. The molecule has 2 rings (SSSR count). The third kappa shape index (κ3) is 3.10. The number of Topliss-reactive ketones (excluding diaryl/α,β-unsaturated/α-hetero) is 1. The highest BCUT2D eigenvalue weighted by atomic mass is 16.3. The van der Waals surface area contributed by atoms with E-state index in [-0.39, 0.29) is 34.8 Å². The fraction of sp³-hybridized carbons (Fsp3) is 0.467. The van der Waals surface area contributed by atoms with Gasteiger partial charge in [0.05, 0.1) is 5.56 Å². The number of hydrogen-bond acceptors (Lipinski definition) is 4. The highest BCUT2D eigenvalue weighted by molar-refractivity contribution is 5.97. The number of nitrogens with zero attached hydrogens (tertiary/aromatic N) is 1. The maximum atomic E-state index is 12.5. The minimum Gasteiger partial charge on any atom is -0.508 e. The molecule has 1 aliphatic rings. The van der Waals surface area contributed by atoms with Crippen LogP contribution in [0.5, 0.6) is 11.5 Å². The zero-order valence-electron chi connectivity index (χ0n) is 11.5. The molecule has 1 amide bonds. The quantitative estimate of drug-likeness (QED) is 0.886. The number of amides is 1. The Labute approximate surface area is 117 Å². The molecule has 1 unspecified atom stereocenters. The first-order valence-corrected chi connectivity index (χ1v) is 6.81. The number of rotatable bonds is 3. The normalized spacial score (nSPS) is 18.9. The van der Waals surface area contributed by atoms with E-state index >= 15 is 0 Å². The summed E-state index contributed by atoms with van der Waals surface area (Å²) in [5, 5.41) is 19.1. The second kappa shape index (κ2) is 5.94. The molecule has 0 spiro atoms. The Hall–Kier alpha value is -2.04. The average Bonchev–Trinajstić information content (AvgIpc) is 2.38. The third-order valence-electron chi connectivity index (χ3n) is 3.62. The fourth-order valence-electron chi connectivity index (χ4n) is 2.67. The van der Waals surface area contributed by atoms with Crippen molar-refractivity contribution >= 4 is 11.7 Å². The number of piperidine rings is 1. The van der Waals surface area contributed by atoms with Gasteiger partial charge in [0.2, 0.25) is 0 Å². The summed E-state index contributed by atoms with van der Waals surface area (Å²) in [6.45, 7) is 2.12. The molecule has 1 aromatic carbocycles. The van der Waals surface area contributed by atoms with Crippen LogP contribution in [0, 0.1) is 0 Å². The summed E-state index contributed by atoms with van der Waals surface area (Å²) in [5.74, 6) is -0.543. The molecule has 0 radical (unpaired) electrons. The highest BCUT2D eigenvalue weighted by Crippen LogP contribution is 2.27. The summed E-state index contributed by atoms with van der Waals surface area (Å²) in [5.41, 5.74) is 0.165. The molecule has 1 saturated heterocycles. The standard InChI is InChI=1S/C15H19NO4/c1-10(17)8-11-4-2-3-7-16(11)15(20)13-6-5-12(18)9-14(13)19/h5-6,9,11,18-19H,2-4,7-8H2,1H3. The summed E-state index contributed by atoms with van der Waals surface area (Å²) >= 11 is 0. The van der Waals surface area contributed by atoms with E-state index < -0.39 is 0 Å². The molecule has 1 atom stereocenters. The van der Waals surface area contributed by atoms with E-state index in [4.69, 9.17) is 0 Å². The molecule has 108 valence electrons. The van der Waals surface area contributed by atoms with Crippen molar-refractivity contribution in [2.45, 2.75) is 38.6 Å². The number of benzene rings is 1. The van der Waals surface area contributed by atoms with Crippen molar-refractivity contribution in [1.82, 2.24) is 4.90 Å². The average molecular weight is 277 g/mol. The van der Waals surface area contributed by atoms with Crippen LogP contribution >= 0.6 is 0 Å². The lowest BCUT2D eigenvalue weighted by Crippen LogP contribution is -2.44. The molecule has 5 heteroatoms. The number of aromatic hydroxyl groups is 2. The first-order valence-electron chi connectivity index (χ1n) is 6.81. The topological polar surface area (TPSA) is 77.8 Å². The van der Waals surface area contributed by atoms with E-state index in [1.54, 1.807) is 4.90 Å². The Bertz CT molecular complexity index is 527. The molecule has 1 aromatic rings. The van der Waals surface area contributed by atoms with Gasteiger partial charge in [-0.3, -0.25) is 9.59 Å². The number of hydrogen-bond donors (Lipinski definition) is 2. The van der Waals surface area contributed by atoms with Gasteiger partial charge in [-0.05, 0) is 38.3 Å². The Balaban J connectivity index is 2.22. The minimum absolute atomic E-state index is 0.0598. The number of ketones is 1. The number of phenols is 2. The van der Waals surface area contributed by atoms with E-state index in [0.29, 0.717) is 13.0 Å². The minimum atomic E-state index is -0.284. The van der Waals surface area contributed by atoms with E-state index in [0.717, 1.165) is 25.3 Å². The Morgan fingerprint density at radius 3 is 2.70 bits per heavy atom. The van der Waals surface area contributed by atoms with Gasteiger partial charge in [0.25, 0.3) is 5.91 Å². The molecular weight excluding hydrogens is 258 g/mol. The zero-order valence-corrected chi connectivity index (χ0v) is 11.5. The van der Waals surface area contributed by atoms with Crippen LogP contribution in [-0.4, -0.2) is 39.4 Å². The molecule has 1 heterocycles. The molecule has 1 fully saturated rings. The van der Waals surface area contributed by atoms with Crippen molar-refractivity contribution in [2.75, 3.05) is 6.54 Å². The Kier molecular flexibility index (Phi) is 4.27. The molecule has 0 aliphatic carbocycles. The van der Waals surface area contributed by atoms with Crippen LogP contribution in [0.1, 0.15) is 43.0 Å². The zero-order chi connectivity index (χ0) is 14.7. The third-order valence-corrected chi connectivity index (χ3v) is 3.62. The van der Waals surface area contributed by atoms with Gasteiger partial charge in [0, 0.05) is 25.1 Å². The van der Waals surface area contributed by atoms with Crippen LogP contribution in [-0.2, 0) is 4.79 Å². The summed E-state index contributed by atoms with van der Waals surface area (Å²) < 4.78 is 0. The molecule has 20 heavy (non-hydrogen) atoms. The van der Waals surface area contributed by atoms with Gasteiger partial charge in [0.1, 0.15) is 17.3 Å². The molecule has 5 nitrogen and oxygen atoms in total. The maximum absolute atomic E-state index is 12.5. The van der Waals surface area contributed by atoms with Crippen molar-refractivity contribution in [1.29, 1.82) is 0 Å². The molecule has 0 bridgehead atoms. The van der Waals surface area contributed by atoms with Gasteiger partial charge < -0.3 is 15.1 Å². The number of carbonyl (C=O) groups excluding carboxylic acids is 2. The summed E-state index contributed by atoms with van der Waals surface area (Å²) in [7, 11) is 0. The Morgan fingerprint density at radius 1 is 1.30 bits per heavy atom. The molecular formula is C15H19NO4. The fourth-order valence-corrected chi connectivity index (χ4v) is 2.67. The Morgan fingerprint density at radius 2 is 2.05 bits per heavy atom. The van der Waals surface area contributed by atoms with Crippen molar-refractivity contribution in [2.24, 2.45) is 0 Å². The van der Waals surface area contributed by atoms with E-state index in [1.165, 1.54) is 19.1 Å². The lowest BCUT2D eigenvalue weighted by atomic mass is 9.96. The van der Waals surface area contributed by atoms with Crippen LogP contribution in [0.2, 0.25) is 0 Å². The van der Waals surface area contributed by atoms with Crippen molar-refractivity contribution in [3.05, 3.63) is 23.8 Å². The van der Waals surface area contributed by atoms with Crippen LogP contribution < -0.4 is 0 Å². The number of phenolic OH excluding ortho intramolecular Hbond substituents is 2. The van der Waals surface area contributed by atoms with Crippen LogP contribution in [0.25, 0.3) is 0 Å². The van der Waals surface area contributed by atoms with E-state index in [1.807, 2.05) is 0 Å². The van der Waals surface area contributed by atoms with Crippen LogP contribution in [0.3, 0.4) is 0 Å². The molecule has 0 aromatic heterocycles. The summed E-state index contributed by atoms with van der Waals surface area (Å²) in [4.78, 5) is 25.5. The predicted molar refractivity (Wildman–Crippen MR) is 73.7 cm³/mol. The smallest absolute Gasteiger partial charge is 0.257 e. The van der Waals surface area contributed by atoms with Gasteiger partial charge in [-0.15, -0.1) is 0 Å². The van der Waals surface area contributed by atoms with Gasteiger partial charge in [-0.25, -0.2) is 0 Å². The SMILES string of the molecule is CC(=O)CC1CCCCN1C(=O)c1ccc(O)cc1O. The largest absolute Gasteiger partial charge is 0.508 e. The lowest BCUT2D eigenvalue weighted by Gasteiger charge is -2.35. The van der Waals surface area contributed by atoms with Crippen molar-refractivity contribution in [3.63, 3.8) is 0 Å². The maximum Gasteiger partial charge on any atom is 0.257 e. The van der Waals surface area contributed by atoms with Gasteiger partial charge in [-0.2, -0.15) is 0 Å². The first kappa shape index (κ1) is 14.4. The summed E-state index contributed by atoms with van der Waals surface area (Å²) in [6.07, 6.45) is 3.07. The van der Waals surface area contributed by atoms with E-state index in [2.05, 4.69) is 0 Å². The van der Waals surface area contributed by atoms with Crippen LogP contribution in [0.4, 0.5) is 0 Å². The summed E-state index contributed by atoms with van der Waals surface area (Å²) in [6, 6.07) is 3.84. The van der Waals surface area contributed by atoms with E-state index in [9.17, 15) is 19.8 Å². The van der Waals surface area contributed by atoms with Gasteiger partial charge in [0.15, 0.2) is 0 Å². The van der Waals surface area contributed by atoms with Gasteiger partial charge >= 0.3 is 0 Å². The highest BCUT2D eigenvalue weighted by Gasteiger charge is 2.29. The molecule has 2 N–H and O–H groups in total. The second-order valence-electron chi connectivity index (χ2n) is 5.26.